The first-order valence-corrected chi connectivity index (χ1v) is 4.87. The van der Waals surface area contributed by atoms with Gasteiger partial charge in [-0.2, -0.15) is 18.3 Å². The van der Waals surface area contributed by atoms with Crippen molar-refractivity contribution in [2.45, 2.75) is 30.4 Å². The average Bonchev–Trinajstić information content (AvgIpc) is 2.76. The van der Waals surface area contributed by atoms with Gasteiger partial charge >= 0.3 is 6.18 Å². The maximum absolute atomic E-state index is 12.5. The molecule has 6 heteroatoms. The second-order valence-electron chi connectivity index (χ2n) is 3.76. The first-order valence-electron chi connectivity index (χ1n) is 4.43. The summed E-state index contributed by atoms with van der Waals surface area (Å²) in [6.07, 6.45) is -2.47. The normalized spacial score (nSPS) is 33.5. The van der Waals surface area contributed by atoms with Gasteiger partial charge in [0.05, 0.1) is 5.71 Å². The highest BCUT2D eigenvalue weighted by Crippen LogP contribution is 2.41. The van der Waals surface area contributed by atoms with Crippen LogP contribution in [0.1, 0.15) is 12.8 Å². The van der Waals surface area contributed by atoms with Crippen LogP contribution in [0.2, 0.25) is 0 Å². The zero-order chi connectivity index (χ0) is 10.5. The highest BCUT2D eigenvalue weighted by Gasteiger charge is 2.54. The summed E-state index contributed by atoms with van der Waals surface area (Å²) in [4.78, 5) is 0. The van der Waals surface area contributed by atoms with Crippen molar-refractivity contribution in [3.05, 3.63) is 0 Å². The second kappa shape index (κ2) is 3.02. The maximum Gasteiger partial charge on any atom is 0.412 e. The smallest absolute Gasteiger partial charge is 0.286 e. The molecule has 1 heterocycles. The van der Waals surface area contributed by atoms with E-state index in [1.807, 2.05) is 0 Å². The van der Waals surface area contributed by atoms with Crippen molar-refractivity contribution in [2.24, 2.45) is 11.0 Å². The SMILES string of the molecule is CN1N=C(C2CC2)C(Cl)C1C(F)(F)F. The van der Waals surface area contributed by atoms with Crippen molar-refractivity contribution in [3.8, 4) is 0 Å². The predicted octanol–water partition coefficient (Wildman–Crippen LogP) is 2.24. The lowest BCUT2D eigenvalue weighted by molar-refractivity contribution is -0.173. The topological polar surface area (TPSA) is 15.6 Å². The fraction of sp³-hybridized carbons (Fsp3) is 0.875. The van der Waals surface area contributed by atoms with Gasteiger partial charge in [-0.15, -0.1) is 11.6 Å². The lowest BCUT2D eigenvalue weighted by Crippen LogP contribution is -2.44. The molecule has 2 atom stereocenters. The van der Waals surface area contributed by atoms with Crippen LogP contribution in [0.15, 0.2) is 5.10 Å². The molecule has 0 N–H and O–H groups in total. The fourth-order valence-electron chi connectivity index (χ4n) is 1.71. The maximum atomic E-state index is 12.5. The molecule has 0 aromatic heterocycles. The van der Waals surface area contributed by atoms with Crippen molar-refractivity contribution in [2.75, 3.05) is 7.05 Å². The van der Waals surface area contributed by atoms with Crippen LogP contribution in [0.4, 0.5) is 13.2 Å². The summed E-state index contributed by atoms with van der Waals surface area (Å²) in [6, 6.07) is -1.65. The molecule has 0 aromatic carbocycles. The number of nitrogens with zero attached hydrogens (tertiary/aromatic N) is 2. The van der Waals surface area contributed by atoms with Gasteiger partial charge in [-0.1, -0.05) is 0 Å². The molecule has 2 rings (SSSR count). The quantitative estimate of drug-likeness (QED) is 0.626. The van der Waals surface area contributed by atoms with Crippen molar-refractivity contribution in [3.63, 3.8) is 0 Å². The van der Waals surface area contributed by atoms with E-state index in [2.05, 4.69) is 5.10 Å². The Morgan fingerprint density at radius 1 is 1.43 bits per heavy atom. The number of hydrogen-bond donors (Lipinski definition) is 0. The summed E-state index contributed by atoms with van der Waals surface area (Å²) in [5, 5.41) is 3.81. The van der Waals surface area contributed by atoms with E-state index in [4.69, 9.17) is 11.6 Å². The van der Waals surface area contributed by atoms with E-state index in [-0.39, 0.29) is 5.92 Å². The van der Waals surface area contributed by atoms with Gasteiger partial charge in [0.25, 0.3) is 0 Å². The Bertz CT molecular complexity index is 272. The zero-order valence-electron chi connectivity index (χ0n) is 7.55. The standard InChI is InChI=1S/C8H10ClF3N2/c1-14-7(8(10,11)12)5(9)6(13-14)4-2-3-4/h4-5,7H,2-3H2,1H3. The molecule has 0 amide bonds. The van der Waals surface area contributed by atoms with E-state index >= 15 is 0 Å². The van der Waals surface area contributed by atoms with Gasteiger partial charge in [0.2, 0.25) is 0 Å². The Balaban J connectivity index is 2.17. The van der Waals surface area contributed by atoms with Gasteiger partial charge in [0, 0.05) is 13.0 Å². The zero-order valence-corrected chi connectivity index (χ0v) is 8.31. The fourth-order valence-corrected chi connectivity index (χ4v) is 2.24. The first kappa shape index (κ1) is 10.1. The molecular weight excluding hydrogens is 217 g/mol. The summed E-state index contributed by atoms with van der Waals surface area (Å²) >= 11 is 5.77. The number of rotatable bonds is 1. The highest BCUT2D eigenvalue weighted by molar-refractivity contribution is 6.33. The molecule has 2 aliphatic rings. The molecule has 1 aliphatic carbocycles. The third-order valence-electron chi connectivity index (χ3n) is 2.57. The summed E-state index contributed by atoms with van der Waals surface area (Å²) in [6.45, 7) is 0. The van der Waals surface area contributed by atoms with E-state index in [1.54, 1.807) is 0 Å². The molecular formula is C8H10ClF3N2. The van der Waals surface area contributed by atoms with Gasteiger partial charge in [0.15, 0.2) is 6.04 Å². The van der Waals surface area contributed by atoms with Crippen LogP contribution >= 0.6 is 11.6 Å². The predicted molar refractivity (Wildman–Crippen MR) is 47.4 cm³/mol. The molecule has 0 aromatic rings. The number of alkyl halides is 4. The Labute approximate surface area is 84.7 Å². The highest BCUT2D eigenvalue weighted by atomic mass is 35.5. The average molecular weight is 227 g/mol. The molecule has 0 saturated heterocycles. The van der Waals surface area contributed by atoms with Crippen LogP contribution < -0.4 is 0 Å². The van der Waals surface area contributed by atoms with Crippen LogP contribution in [0, 0.1) is 5.92 Å². The van der Waals surface area contributed by atoms with Gasteiger partial charge in [-0.25, -0.2) is 0 Å². The Morgan fingerprint density at radius 2 is 2.00 bits per heavy atom. The van der Waals surface area contributed by atoms with E-state index < -0.39 is 17.6 Å². The van der Waals surface area contributed by atoms with Crippen molar-refractivity contribution < 1.29 is 13.2 Å². The molecule has 2 nitrogen and oxygen atoms in total. The minimum absolute atomic E-state index is 0.187. The van der Waals surface area contributed by atoms with Crippen molar-refractivity contribution in [1.82, 2.24) is 5.01 Å². The van der Waals surface area contributed by atoms with Crippen molar-refractivity contribution in [1.29, 1.82) is 0 Å². The molecule has 14 heavy (non-hydrogen) atoms. The Kier molecular flexibility index (Phi) is 2.17. The van der Waals surface area contributed by atoms with Gasteiger partial charge in [0.1, 0.15) is 5.38 Å². The van der Waals surface area contributed by atoms with Crippen LogP contribution in [-0.4, -0.2) is 35.4 Å². The first-order chi connectivity index (χ1) is 6.41. The summed E-state index contributed by atoms with van der Waals surface area (Å²) in [5.41, 5.74) is 0.511. The van der Waals surface area contributed by atoms with Crippen LogP contribution in [0.3, 0.4) is 0 Å². The molecule has 0 radical (unpaired) electrons. The molecule has 0 spiro atoms. The van der Waals surface area contributed by atoms with E-state index in [0.717, 1.165) is 17.9 Å². The Morgan fingerprint density at radius 3 is 2.36 bits per heavy atom. The van der Waals surface area contributed by atoms with Gasteiger partial charge < -0.3 is 0 Å². The summed E-state index contributed by atoms with van der Waals surface area (Å²) in [5.74, 6) is 0.187. The second-order valence-corrected chi connectivity index (χ2v) is 4.23. The lowest BCUT2D eigenvalue weighted by atomic mass is 10.1. The van der Waals surface area contributed by atoms with Gasteiger partial charge in [-0.05, 0) is 12.8 Å². The molecule has 1 fully saturated rings. The van der Waals surface area contributed by atoms with Gasteiger partial charge in [-0.3, -0.25) is 5.01 Å². The minimum atomic E-state index is -4.30. The molecule has 1 saturated carbocycles. The van der Waals surface area contributed by atoms with Crippen LogP contribution in [0.5, 0.6) is 0 Å². The third kappa shape index (κ3) is 1.58. The van der Waals surface area contributed by atoms with Crippen LogP contribution in [0.25, 0.3) is 0 Å². The van der Waals surface area contributed by atoms with E-state index in [9.17, 15) is 13.2 Å². The summed E-state index contributed by atoms with van der Waals surface area (Å²) in [7, 11) is 1.32. The number of halogens is 4. The Hall–Kier alpha value is -0.450. The largest absolute Gasteiger partial charge is 0.412 e. The third-order valence-corrected chi connectivity index (χ3v) is 3.03. The van der Waals surface area contributed by atoms with E-state index in [1.165, 1.54) is 7.05 Å². The monoisotopic (exact) mass is 226 g/mol. The van der Waals surface area contributed by atoms with Crippen molar-refractivity contribution >= 4 is 17.3 Å². The lowest BCUT2D eigenvalue weighted by Gasteiger charge is -2.23. The minimum Gasteiger partial charge on any atom is -0.286 e. The molecule has 2 unspecified atom stereocenters. The molecule has 0 bridgehead atoms. The molecule has 1 aliphatic heterocycles. The molecule has 80 valence electrons. The number of hydrogen-bond acceptors (Lipinski definition) is 2. The van der Waals surface area contributed by atoms with E-state index in [0.29, 0.717) is 5.71 Å². The summed E-state index contributed by atoms with van der Waals surface area (Å²) < 4.78 is 37.6. The number of hydrazone groups is 1. The van der Waals surface area contributed by atoms with Crippen LogP contribution in [-0.2, 0) is 0 Å².